The lowest BCUT2D eigenvalue weighted by Crippen LogP contribution is -2.32. The van der Waals surface area contributed by atoms with Crippen LogP contribution in [0.3, 0.4) is 0 Å². The molecule has 0 fully saturated rings. The van der Waals surface area contributed by atoms with Crippen molar-refractivity contribution >= 4 is 15.9 Å². The highest BCUT2D eigenvalue weighted by Crippen LogP contribution is 2.17. The number of nitrogens with two attached hydrogens (primary N) is 1. The molecule has 7 heteroatoms. The van der Waals surface area contributed by atoms with Crippen molar-refractivity contribution in [2.75, 3.05) is 25.0 Å². The zero-order valence-electron chi connectivity index (χ0n) is 10.6. The summed E-state index contributed by atoms with van der Waals surface area (Å²) in [6.07, 6.45) is 0. The molecular formula is C11H19N3O3S. The molecule has 1 rings (SSSR count). The van der Waals surface area contributed by atoms with Gasteiger partial charge in [-0.3, -0.25) is 4.72 Å². The van der Waals surface area contributed by atoms with Gasteiger partial charge in [-0.25, -0.2) is 0 Å². The molecule has 0 radical (unpaired) electrons. The van der Waals surface area contributed by atoms with Crippen LogP contribution in [0.15, 0.2) is 18.2 Å². The van der Waals surface area contributed by atoms with E-state index < -0.39 is 10.2 Å². The van der Waals surface area contributed by atoms with Crippen molar-refractivity contribution in [3.05, 3.63) is 29.3 Å². The fraction of sp³-hybridized carbons (Fsp3) is 0.455. The molecule has 6 nitrogen and oxygen atoms in total. The highest BCUT2D eigenvalue weighted by Gasteiger charge is 2.10. The average Bonchev–Trinajstić information content (AvgIpc) is 2.32. The number of nitrogens with one attached hydrogen (secondary N) is 2. The third-order valence-electron chi connectivity index (χ3n) is 2.38. The average molecular weight is 273 g/mol. The number of anilines is 1. The van der Waals surface area contributed by atoms with Crippen LogP contribution in [0.5, 0.6) is 0 Å². The number of rotatable bonds is 7. The van der Waals surface area contributed by atoms with Gasteiger partial charge in [0.1, 0.15) is 0 Å². The van der Waals surface area contributed by atoms with E-state index in [9.17, 15) is 8.42 Å². The van der Waals surface area contributed by atoms with Crippen LogP contribution in [0.25, 0.3) is 0 Å². The van der Waals surface area contributed by atoms with Crippen molar-refractivity contribution in [3.63, 3.8) is 0 Å². The van der Waals surface area contributed by atoms with Gasteiger partial charge in [-0.05, 0) is 24.1 Å². The highest BCUT2D eigenvalue weighted by molar-refractivity contribution is 7.90. The van der Waals surface area contributed by atoms with Gasteiger partial charge >= 0.3 is 0 Å². The Labute approximate surface area is 108 Å². The number of methoxy groups -OCH3 is 1. The van der Waals surface area contributed by atoms with Crippen LogP contribution < -0.4 is 15.2 Å². The van der Waals surface area contributed by atoms with Gasteiger partial charge in [-0.1, -0.05) is 12.1 Å². The Balaban J connectivity index is 2.76. The van der Waals surface area contributed by atoms with Gasteiger partial charge in [-0.15, -0.1) is 0 Å². The zero-order chi connectivity index (χ0) is 13.6. The quantitative estimate of drug-likeness (QED) is 0.625. The molecule has 0 saturated carbocycles. The summed E-state index contributed by atoms with van der Waals surface area (Å²) in [5.74, 6) is 0. The van der Waals surface area contributed by atoms with Crippen molar-refractivity contribution in [1.29, 1.82) is 0 Å². The topological polar surface area (TPSA) is 93.4 Å². The fourth-order valence-corrected chi connectivity index (χ4v) is 2.30. The fourth-order valence-electron chi connectivity index (χ4n) is 1.37. The number of hydrogen-bond donors (Lipinski definition) is 3. The molecule has 0 heterocycles. The normalized spacial score (nSPS) is 11.5. The van der Waals surface area contributed by atoms with Crippen molar-refractivity contribution < 1.29 is 13.2 Å². The van der Waals surface area contributed by atoms with E-state index >= 15 is 0 Å². The Hall–Kier alpha value is -1.15. The van der Waals surface area contributed by atoms with Crippen molar-refractivity contribution in [2.45, 2.75) is 13.5 Å². The first-order chi connectivity index (χ1) is 8.48. The minimum absolute atomic E-state index is 0.224. The van der Waals surface area contributed by atoms with Gasteiger partial charge in [0.05, 0.1) is 12.3 Å². The van der Waals surface area contributed by atoms with Crippen LogP contribution in [0.4, 0.5) is 5.69 Å². The van der Waals surface area contributed by atoms with Crippen LogP contribution in [0.2, 0.25) is 0 Å². The smallest absolute Gasteiger partial charge is 0.299 e. The van der Waals surface area contributed by atoms with Crippen LogP contribution in [0.1, 0.15) is 11.1 Å². The van der Waals surface area contributed by atoms with E-state index in [1.807, 2.05) is 19.1 Å². The summed E-state index contributed by atoms with van der Waals surface area (Å²) in [7, 11) is -2.06. The summed E-state index contributed by atoms with van der Waals surface area (Å²) >= 11 is 0. The van der Waals surface area contributed by atoms with Gasteiger partial charge in [0.25, 0.3) is 10.2 Å². The van der Waals surface area contributed by atoms with Crippen molar-refractivity contribution in [1.82, 2.24) is 4.72 Å². The maximum Gasteiger partial charge on any atom is 0.299 e. The minimum Gasteiger partial charge on any atom is -0.383 e. The Bertz CT molecular complexity index is 488. The second-order valence-corrected chi connectivity index (χ2v) is 5.35. The molecule has 1 aromatic carbocycles. The molecule has 0 saturated heterocycles. The van der Waals surface area contributed by atoms with E-state index in [-0.39, 0.29) is 6.54 Å². The van der Waals surface area contributed by atoms with Gasteiger partial charge in [0.15, 0.2) is 0 Å². The van der Waals surface area contributed by atoms with Gasteiger partial charge in [0.2, 0.25) is 0 Å². The first kappa shape index (κ1) is 14.9. The molecule has 0 unspecified atom stereocenters. The maximum atomic E-state index is 11.7. The third-order valence-corrected chi connectivity index (χ3v) is 3.45. The summed E-state index contributed by atoms with van der Waals surface area (Å²) in [5, 5.41) is 0. The lowest BCUT2D eigenvalue weighted by Gasteiger charge is -2.12. The van der Waals surface area contributed by atoms with E-state index in [4.69, 9.17) is 10.5 Å². The first-order valence-electron chi connectivity index (χ1n) is 5.54. The maximum absolute atomic E-state index is 11.7. The van der Waals surface area contributed by atoms with Gasteiger partial charge in [-0.2, -0.15) is 13.1 Å². The van der Waals surface area contributed by atoms with Crippen LogP contribution in [-0.4, -0.2) is 28.7 Å². The summed E-state index contributed by atoms with van der Waals surface area (Å²) in [6, 6.07) is 5.42. The standard InChI is InChI=1S/C11H19N3O3S/c1-9-3-4-10(8-12)7-11(9)14-18(15,16)13-5-6-17-2/h3-4,7,13-14H,5-6,8,12H2,1-2H3. The van der Waals surface area contributed by atoms with Gasteiger partial charge < -0.3 is 10.5 Å². The van der Waals surface area contributed by atoms with E-state index in [0.29, 0.717) is 18.8 Å². The van der Waals surface area contributed by atoms with Crippen LogP contribution >= 0.6 is 0 Å². The largest absolute Gasteiger partial charge is 0.383 e. The highest BCUT2D eigenvalue weighted by atomic mass is 32.2. The van der Waals surface area contributed by atoms with E-state index in [0.717, 1.165) is 11.1 Å². The Morgan fingerprint density at radius 3 is 2.72 bits per heavy atom. The third kappa shape index (κ3) is 4.61. The molecule has 0 aliphatic heterocycles. The number of ether oxygens (including phenoxy) is 1. The van der Waals surface area contributed by atoms with E-state index in [2.05, 4.69) is 9.44 Å². The SMILES string of the molecule is COCCNS(=O)(=O)Nc1cc(CN)ccc1C. The lowest BCUT2D eigenvalue weighted by molar-refractivity contribution is 0.204. The molecule has 18 heavy (non-hydrogen) atoms. The molecule has 102 valence electrons. The predicted octanol–water partition coefficient (Wildman–Crippen LogP) is 0.346. The first-order valence-corrected chi connectivity index (χ1v) is 7.03. The molecule has 0 aliphatic rings. The van der Waals surface area contributed by atoms with Crippen molar-refractivity contribution in [3.8, 4) is 0 Å². The Kier molecular flexibility index (Phi) is 5.54. The van der Waals surface area contributed by atoms with Crippen LogP contribution in [-0.2, 0) is 21.5 Å². The lowest BCUT2D eigenvalue weighted by atomic mass is 10.1. The summed E-state index contributed by atoms with van der Waals surface area (Å²) in [6.45, 7) is 2.74. The molecule has 0 amide bonds. The summed E-state index contributed by atoms with van der Waals surface area (Å²) in [4.78, 5) is 0. The van der Waals surface area contributed by atoms with Gasteiger partial charge in [0, 0.05) is 20.2 Å². The minimum atomic E-state index is -3.58. The summed E-state index contributed by atoms with van der Waals surface area (Å²) in [5.41, 5.74) is 7.76. The molecule has 0 aromatic heterocycles. The second kappa shape index (κ2) is 6.69. The second-order valence-electron chi connectivity index (χ2n) is 3.85. The molecule has 4 N–H and O–H groups in total. The Morgan fingerprint density at radius 2 is 2.11 bits per heavy atom. The number of aryl methyl sites for hydroxylation is 1. The molecule has 1 aromatic rings. The summed E-state index contributed by atoms with van der Waals surface area (Å²) < 4.78 is 33.1. The van der Waals surface area contributed by atoms with E-state index in [1.165, 1.54) is 7.11 Å². The molecular weight excluding hydrogens is 254 g/mol. The van der Waals surface area contributed by atoms with Crippen molar-refractivity contribution in [2.24, 2.45) is 5.73 Å². The van der Waals surface area contributed by atoms with Crippen LogP contribution in [0, 0.1) is 6.92 Å². The number of benzene rings is 1. The zero-order valence-corrected chi connectivity index (χ0v) is 11.4. The molecule has 0 atom stereocenters. The number of hydrogen-bond acceptors (Lipinski definition) is 4. The predicted molar refractivity (Wildman–Crippen MR) is 71.5 cm³/mol. The molecule has 0 aliphatic carbocycles. The molecule has 0 bridgehead atoms. The van der Waals surface area contributed by atoms with E-state index in [1.54, 1.807) is 6.07 Å². The Morgan fingerprint density at radius 1 is 1.39 bits per heavy atom. The monoisotopic (exact) mass is 273 g/mol. The molecule has 0 spiro atoms.